The van der Waals surface area contributed by atoms with Crippen molar-refractivity contribution in [3.63, 3.8) is 0 Å². The van der Waals surface area contributed by atoms with E-state index in [2.05, 4.69) is 5.32 Å². The Bertz CT molecular complexity index is 1270. The smallest absolute Gasteiger partial charge is 0.352 e. The molecule has 3 aromatic rings. The number of alkyl halides is 3. The molecule has 0 atom stereocenters. The molecule has 33 heavy (non-hydrogen) atoms. The van der Waals surface area contributed by atoms with Crippen LogP contribution in [0.4, 0.5) is 13.2 Å². The van der Waals surface area contributed by atoms with Crippen molar-refractivity contribution < 1.29 is 27.1 Å². The van der Waals surface area contributed by atoms with Gasteiger partial charge in [0.2, 0.25) is 0 Å². The molecule has 1 aliphatic rings. The summed E-state index contributed by atoms with van der Waals surface area (Å²) in [7, 11) is -2.70. The SMILES string of the molecule is O=C(NCCc1ccc2c(c1)CCS2(O)O)c1cccn(-c2cccc(C(F)(F)F)c2)c1=O. The maximum absolute atomic E-state index is 13.0. The number of aryl methyl sites for hydroxylation is 1. The molecule has 6 nitrogen and oxygen atoms in total. The third-order valence-corrected chi connectivity index (χ3v) is 7.35. The summed E-state index contributed by atoms with van der Waals surface area (Å²) in [6, 6.07) is 12.4. The summed E-state index contributed by atoms with van der Waals surface area (Å²) >= 11 is 0. The monoisotopic (exact) mass is 478 g/mol. The Labute approximate surface area is 189 Å². The molecule has 10 heteroatoms. The highest BCUT2D eigenvalue weighted by atomic mass is 32.3. The Hall–Kier alpha value is -3.08. The number of nitrogens with one attached hydrogen (secondary N) is 1. The van der Waals surface area contributed by atoms with E-state index in [4.69, 9.17) is 0 Å². The van der Waals surface area contributed by atoms with Gasteiger partial charge in [0.25, 0.3) is 11.5 Å². The standard InChI is InChI=1S/C23H21F3N2O4S/c24-23(25,26)17-3-1-4-18(14-17)28-11-2-5-19(22(28)30)21(29)27-10-8-15-6-7-20-16(13-15)9-12-33(20,31)32/h1-7,11,13-14,31-32H,8-10,12H2,(H,27,29). The lowest BCUT2D eigenvalue weighted by Gasteiger charge is -2.27. The van der Waals surface area contributed by atoms with Crippen LogP contribution in [0.1, 0.15) is 27.0 Å². The van der Waals surface area contributed by atoms with Crippen molar-refractivity contribution in [3.05, 3.63) is 93.4 Å². The minimum Gasteiger partial charge on any atom is -0.352 e. The van der Waals surface area contributed by atoms with Gasteiger partial charge in [-0.2, -0.15) is 23.8 Å². The molecule has 3 N–H and O–H groups in total. The molecule has 0 bridgehead atoms. The van der Waals surface area contributed by atoms with E-state index in [1.165, 1.54) is 30.5 Å². The number of carbonyl (C=O) groups excluding carboxylic acids is 1. The van der Waals surface area contributed by atoms with Gasteiger partial charge in [0, 0.05) is 24.2 Å². The quantitative estimate of drug-likeness (QED) is 0.504. The fourth-order valence-corrected chi connectivity index (χ4v) is 5.37. The van der Waals surface area contributed by atoms with E-state index < -0.39 is 33.8 Å². The fraction of sp³-hybridized carbons (Fsp3) is 0.217. The van der Waals surface area contributed by atoms with E-state index in [-0.39, 0.29) is 17.8 Å². The van der Waals surface area contributed by atoms with Crippen molar-refractivity contribution in [3.8, 4) is 5.69 Å². The van der Waals surface area contributed by atoms with E-state index in [0.29, 0.717) is 23.5 Å². The van der Waals surface area contributed by atoms with Crippen LogP contribution in [0, 0.1) is 0 Å². The minimum atomic E-state index is -4.55. The second-order valence-electron chi connectivity index (χ2n) is 7.71. The molecule has 0 saturated carbocycles. The maximum atomic E-state index is 13.0. The van der Waals surface area contributed by atoms with Gasteiger partial charge in [-0.25, -0.2) is 0 Å². The largest absolute Gasteiger partial charge is 0.416 e. The van der Waals surface area contributed by atoms with Crippen LogP contribution < -0.4 is 10.9 Å². The zero-order valence-corrected chi connectivity index (χ0v) is 18.1. The van der Waals surface area contributed by atoms with Crippen LogP contribution in [0.5, 0.6) is 0 Å². The Morgan fingerprint density at radius 1 is 1.09 bits per heavy atom. The molecule has 1 aliphatic heterocycles. The second kappa shape index (κ2) is 8.69. The van der Waals surface area contributed by atoms with Crippen molar-refractivity contribution in [1.82, 2.24) is 9.88 Å². The van der Waals surface area contributed by atoms with Gasteiger partial charge >= 0.3 is 6.18 Å². The van der Waals surface area contributed by atoms with Gasteiger partial charge in [0.05, 0.1) is 10.5 Å². The summed E-state index contributed by atoms with van der Waals surface area (Å²) in [6.07, 6.45) is -2.20. The number of amides is 1. The molecule has 1 amide bonds. The maximum Gasteiger partial charge on any atom is 0.416 e. The minimum absolute atomic E-state index is 0.00795. The van der Waals surface area contributed by atoms with Crippen molar-refractivity contribution >= 4 is 16.5 Å². The molecule has 0 unspecified atom stereocenters. The number of nitrogens with zero attached hydrogens (tertiary/aromatic N) is 1. The number of fused-ring (bicyclic) bond motifs is 1. The number of aromatic nitrogens is 1. The third kappa shape index (κ3) is 4.82. The zero-order valence-electron chi connectivity index (χ0n) is 17.3. The number of carbonyl (C=O) groups is 1. The summed E-state index contributed by atoms with van der Waals surface area (Å²) in [5.41, 5.74) is -0.00718. The average molecular weight is 478 g/mol. The van der Waals surface area contributed by atoms with E-state index in [9.17, 15) is 31.9 Å². The van der Waals surface area contributed by atoms with Gasteiger partial charge in [-0.15, -0.1) is 0 Å². The highest BCUT2D eigenvalue weighted by molar-refractivity contribution is 8.24. The lowest BCUT2D eigenvalue weighted by atomic mass is 10.1. The average Bonchev–Trinajstić information content (AvgIpc) is 3.07. The Morgan fingerprint density at radius 2 is 1.88 bits per heavy atom. The normalized spacial score (nSPS) is 15.7. The van der Waals surface area contributed by atoms with Crippen LogP contribution in [0.3, 0.4) is 0 Å². The molecule has 174 valence electrons. The van der Waals surface area contributed by atoms with E-state index in [0.717, 1.165) is 27.8 Å². The number of rotatable bonds is 5. The first-order chi connectivity index (χ1) is 15.6. The van der Waals surface area contributed by atoms with Crippen LogP contribution in [-0.2, 0) is 19.0 Å². The van der Waals surface area contributed by atoms with Crippen molar-refractivity contribution in [2.24, 2.45) is 0 Å². The van der Waals surface area contributed by atoms with E-state index >= 15 is 0 Å². The summed E-state index contributed by atoms with van der Waals surface area (Å²) in [6.45, 7) is 0.228. The van der Waals surface area contributed by atoms with Gasteiger partial charge in [0.1, 0.15) is 5.56 Å². The number of hydrogen-bond donors (Lipinski definition) is 3. The molecule has 0 radical (unpaired) electrons. The molecular weight excluding hydrogens is 457 g/mol. The fourth-order valence-electron chi connectivity index (χ4n) is 3.78. The summed E-state index contributed by atoms with van der Waals surface area (Å²) in [5, 5.41) is 2.66. The zero-order chi connectivity index (χ0) is 23.8. The Kier molecular flexibility index (Phi) is 6.08. The third-order valence-electron chi connectivity index (χ3n) is 5.48. The van der Waals surface area contributed by atoms with Crippen molar-refractivity contribution in [2.45, 2.75) is 23.9 Å². The number of halogens is 3. The van der Waals surface area contributed by atoms with Gasteiger partial charge in [-0.1, -0.05) is 18.2 Å². The lowest BCUT2D eigenvalue weighted by molar-refractivity contribution is -0.137. The molecule has 4 rings (SSSR count). The summed E-state index contributed by atoms with van der Waals surface area (Å²) < 4.78 is 60.0. The summed E-state index contributed by atoms with van der Waals surface area (Å²) in [5.74, 6) is -0.314. The van der Waals surface area contributed by atoms with Crippen LogP contribution in [0.25, 0.3) is 5.69 Å². The molecule has 2 aromatic carbocycles. The topological polar surface area (TPSA) is 91.6 Å². The van der Waals surface area contributed by atoms with Crippen LogP contribution in [-0.4, -0.2) is 31.9 Å². The first-order valence-corrected chi connectivity index (χ1v) is 11.8. The molecule has 0 fully saturated rings. The molecule has 0 spiro atoms. The van der Waals surface area contributed by atoms with E-state index in [1.54, 1.807) is 12.1 Å². The Morgan fingerprint density at radius 3 is 2.64 bits per heavy atom. The first kappa shape index (κ1) is 23.1. The van der Waals surface area contributed by atoms with Crippen molar-refractivity contribution in [2.75, 3.05) is 12.3 Å². The molecular formula is C23H21F3N2O4S. The van der Waals surface area contributed by atoms with Crippen LogP contribution >= 0.6 is 10.6 Å². The number of benzene rings is 2. The van der Waals surface area contributed by atoms with E-state index in [1.807, 2.05) is 6.07 Å². The van der Waals surface area contributed by atoms with Gasteiger partial charge in [-0.05, 0) is 60.4 Å². The molecule has 0 aliphatic carbocycles. The first-order valence-electron chi connectivity index (χ1n) is 10.1. The number of pyridine rings is 1. The van der Waals surface area contributed by atoms with Crippen LogP contribution in [0.2, 0.25) is 0 Å². The van der Waals surface area contributed by atoms with Gasteiger partial charge in [-0.3, -0.25) is 23.3 Å². The number of hydrogen-bond acceptors (Lipinski definition) is 4. The molecule has 1 aromatic heterocycles. The lowest BCUT2D eigenvalue weighted by Crippen LogP contribution is -2.33. The highest BCUT2D eigenvalue weighted by Crippen LogP contribution is 2.54. The predicted molar refractivity (Wildman–Crippen MR) is 119 cm³/mol. The Balaban J connectivity index is 1.46. The molecule has 0 saturated heterocycles. The highest BCUT2D eigenvalue weighted by Gasteiger charge is 2.30. The molecule has 2 heterocycles. The predicted octanol–water partition coefficient (Wildman–Crippen LogP) is 4.49. The van der Waals surface area contributed by atoms with Gasteiger partial charge < -0.3 is 5.32 Å². The summed E-state index contributed by atoms with van der Waals surface area (Å²) in [4.78, 5) is 25.9. The van der Waals surface area contributed by atoms with Gasteiger partial charge in [0.15, 0.2) is 0 Å². The second-order valence-corrected chi connectivity index (χ2v) is 9.90. The van der Waals surface area contributed by atoms with Crippen molar-refractivity contribution in [1.29, 1.82) is 0 Å². The van der Waals surface area contributed by atoms with Crippen LogP contribution in [0.15, 0.2) is 70.5 Å².